The third-order valence-electron chi connectivity index (χ3n) is 2.87. The van der Waals surface area contributed by atoms with Gasteiger partial charge in [0.15, 0.2) is 0 Å². The Labute approximate surface area is 136 Å². The monoisotopic (exact) mass is 369 g/mol. The maximum atomic E-state index is 10.9. The van der Waals surface area contributed by atoms with Crippen molar-refractivity contribution in [2.24, 2.45) is 0 Å². The van der Waals surface area contributed by atoms with E-state index in [1.807, 2.05) is 7.05 Å². The predicted octanol–water partition coefficient (Wildman–Crippen LogP) is 3.72. The quantitative estimate of drug-likeness (QED) is 0.807. The third kappa shape index (κ3) is 5.15. The van der Waals surface area contributed by atoms with Crippen molar-refractivity contribution in [3.63, 3.8) is 0 Å². The first kappa shape index (κ1) is 16.0. The molecule has 0 bridgehead atoms. The van der Waals surface area contributed by atoms with Crippen LogP contribution in [-0.4, -0.2) is 36.2 Å². The van der Waals surface area contributed by atoms with Crippen molar-refractivity contribution < 1.29 is 14.6 Å². The fraction of sp³-hybridized carbons (Fsp3) is 0.267. The van der Waals surface area contributed by atoms with Gasteiger partial charge in [-0.1, -0.05) is 6.07 Å². The zero-order chi connectivity index (χ0) is 15.2. The van der Waals surface area contributed by atoms with Crippen molar-refractivity contribution in [1.29, 1.82) is 0 Å². The van der Waals surface area contributed by atoms with Gasteiger partial charge in [0.1, 0.15) is 12.4 Å². The normalized spacial score (nSPS) is 10.8. The average Bonchev–Trinajstić information content (AvgIpc) is 2.84. The topological polar surface area (TPSA) is 49.8 Å². The molecule has 0 amide bonds. The SMILES string of the molecule is CN(CCOc1cccc(C(=O)O)c1)Cc1cc(Br)cs1. The molecule has 1 aromatic carbocycles. The minimum Gasteiger partial charge on any atom is -0.492 e. The molecular formula is C15H16BrNO3S. The van der Waals surface area contributed by atoms with Crippen LogP contribution in [0.15, 0.2) is 40.2 Å². The molecule has 0 aliphatic carbocycles. The minimum absolute atomic E-state index is 0.240. The van der Waals surface area contributed by atoms with Crippen LogP contribution in [0.5, 0.6) is 5.75 Å². The third-order valence-corrected chi connectivity index (χ3v) is 4.55. The standard InChI is InChI=1S/C15H16BrNO3S/c1-17(9-14-8-12(16)10-21-14)5-6-20-13-4-2-3-11(7-13)15(18)19/h2-4,7-8,10H,5-6,9H2,1H3,(H,18,19). The van der Waals surface area contributed by atoms with E-state index in [1.165, 1.54) is 4.88 Å². The highest BCUT2D eigenvalue weighted by atomic mass is 79.9. The molecule has 21 heavy (non-hydrogen) atoms. The van der Waals surface area contributed by atoms with Gasteiger partial charge in [-0.05, 0) is 47.2 Å². The number of rotatable bonds is 7. The molecule has 2 aromatic rings. The van der Waals surface area contributed by atoms with E-state index in [4.69, 9.17) is 9.84 Å². The Hall–Kier alpha value is -1.37. The van der Waals surface area contributed by atoms with Gasteiger partial charge in [0, 0.05) is 27.8 Å². The number of carbonyl (C=O) groups is 1. The Balaban J connectivity index is 1.78. The molecule has 0 saturated carbocycles. The van der Waals surface area contributed by atoms with Gasteiger partial charge < -0.3 is 9.84 Å². The molecule has 1 N–H and O–H groups in total. The summed E-state index contributed by atoms with van der Waals surface area (Å²) in [7, 11) is 2.03. The maximum Gasteiger partial charge on any atom is 0.335 e. The zero-order valence-corrected chi connectivity index (χ0v) is 14.0. The number of likely N-dealkylation sites (N-methyl/N-ethyl adjacent to an activating group) is 1. The van der Waals surface area contributed by atoms with Gasteiger partial charge in [0.05, 0.1) is 5.56 Å². The van der Waals surface area contributed by atoms with Crippen molar-refractivity contribution in [3.05, 3.63) is 50.6 Å². The molecule has 0 aliphatic rings. The summed E-state index contributed by atoms with van der Waals surface area (Å²) in [6, 6.07) is 8.65. The average molecular weight is 370 g/mol. The number of benzene rings is 1. The highest BCUT2D eigenvalue weighted by Gasteiger charge is 2.05. The summed E-state index contributed by atoms with van der Waals surface area (Å²) in [4.78, 5) is 14.3. The first-order chi connectivity index (χ1) is 10.0. The van der Waals surface area contributed by atoms with E-state index in [0.29, 0.717) is 12.4 Å². The fourth-order valence-electron chi connectivity index (χ4n) is 1.82. The Morgan fingerprint density at radius 3 is 2.90 bits per heavy atom. The molecule has 4 nitrogen and oxygen atoms in total. The number of halogens is 1. The molecular weight excluding hydrogens is 354 g/mol. The summed E-state index contributed by atoms with van der Waals surface area (Å²) < 4.78 is 6.71. The van der Waals surface area contributed by atoms with Crippen molar-refractivity contribution in [2.75, 3.05) is 20.2 Å². The number of hydrogen-bond donors (Lipinski definition) is 1. The molecule has 2 rings (SSSR count). The van der Waals surface area contributed by atoms with Crippen molar-refractivity contribution in [3.8, 4) is 5.75 Å². The molecule has 0 unspecified atom stereocenters. The summed E-state index contributed by atoms with van der Waals surface area (Å²) in [5.74, 6) is -0.358. The van der Waals surface area contributed by atoms with Crippen LogP contribution in [0.25, 0.3) is 0 Å². The molecule has 0 fully saturated rings. The van der Waals surface area contributed by atoms with E-state index in [2.05, 4.69) is 32.3 Å². The van der Waals surface area contributed by atoms with Crippen LogP contribution in [0, 0.1) is 0 Å². The molecule has 0 atom stereocenters. The lowest BCUT2D eigenvalue weighted by molar-refractivity contribution is 0.0696. The Bertz CT molecular complexity index is 614. The van der Waals surface area contributed by atoms with Gasteiger partial charge in [-0.25, -0.2) is 4.79 Å². The summed E-state index contributed by atoms with van der Waals surface area (Å²) in [6.45, 7) is 2.16. The fourth-order valence-corrected chi connectivity index (χ4v) is 3.35. The predicted molar refractivity (Wildman–Crippen MR) is 87.2 cm³/mol. The van der Waals surface area contributed by atoms with Crippen molar-refractivity contribution in [1.82, 2.24) is 4.90 Å². The van der Waals surface area contributed by atoms with E-state index >= 15 is 0 Å². The summed E-state index contributed by atoms with van der Waals surface area (Å²) >= 11 is 5.16. The lowest BCUT2D eigenvalue weighted by Gasteiger charge is -2.16. The number of thiophene rings is 1. The lowest BCUT2D eigenvalue weighted by atomic mass is 10.2. The van der Waals surface area contributed by atoms with Crippen LogP contribution >= 0.6 is 27.3 Å². The lowest BCUT2D eigenvalue weighted by Crippen LogP contribution is -2.23. The number of aromatic carboxylic acids is 1. The molecule has 1 heterocycles. The first-order valence-corrected chi connectivity index (χ1v) is 8.09. The first-order valence-electron chi connectivity index (χ1n) is 6.42. The maximum absolute atomic E-state index is 10.9. The van der Waals surface area contributed by atoms with Gasteiger partial charge in [-0.15, -0.1) is 11.3 Å². The van der Waals surface area contributed by atoms with Gasteiger partial charge in [-0.3, -0.25) is 4.90 Å². The highest BCUT2D eigenvalue weighted by molar-refractivity contribution is 9.10. The summed E-state index contributed by atoms with van der Waals surface area (Å²) in [5.41, 5.74) is 0.240. The number of ether oxygens (including phenoxy) is 1. The molecule has 0 radical (unpaired) electrons. The number of hydrogen-bond acceptors (Lipinski definition) is 4. The van der Waals surface area contributed by atoms with Gasteiger partial charge in [0.2, 0.25) is 0 Å². The molecule has 1 aromatic heterocycles. The molecule has 0 saturated heterocycles. The van der Waals surface area contributed by atoms with Crippen LogP contribution in [0.3, 0.4) is 0 Å². The van der Waals surface area contributed by atoms with Crippen LogP contribution in [-0.2, 0) is 6.54 Å². The summed E-state index contributed by atoms with van der Waals surface area (Å²) in [6.07, 6.45) is 0. The van der Waals surface area contributed by atoms with Crippen LogP contribution in [0.1, 0.15) is 15.2 Å². The van der Waals surface area contributed by atoms with Crippen LogP contribution in [0.4, 0.5) is 0 Å². The second-order valence-electron chi connectivity index (χ2n) is 4.65. The van der Waals surface area contributed by atoms with E-state index in [-0.39, 0.29) is 5.56 Å². The van der Waals surface area contributed by atoms with E-state index in [0.717, 1.165) is 17.6 Å². The van der Waals surface area contributed by atoms with E-state index in [1.54, 1.807) is 35.6 Å². The van der Waals surface area contributed by atoms with Crippen LogP contribution < -0.4 is 4.74 Å². The Morgan fingerprint density at radius 1 is 1.43 bits per heavy atom. The minimum atomic E-state index is -0.944. The molecule has 112 valence electrons. The molecule has 6 heteroatoms. The van der Waals surface area contributed by atoms with Gasteiger partial charge >= 0.3 is 5.97 Å². The van der Waals surface area contributed by atoms with E-state index < -0.39 is 5.97 Å². The van der Waals surface area contributed by atoms with E-state index in [9.17, 15) is 4.79 Å². The van der Waals surface area contributed by atoms with Crippen molar-refractivity contribution in [2.45, 2.75) is 6.54 Å². The van der Waals surface area contributed by atoms with Gasteiger partial charge in [0.25, 0.3) is 0 Å². The number of carboxylic acid groups (broad SMARTS) is 1. The van der Waals surface area contributed by atoms with Gasteiger partial charge in [-0.2, -0.15) is 0 Å². The second-order valence-corrected chi connectivity index (χ2v) is 6.56. The zero-order valence-electron chi connectivity index (χ0n) is 11.6. The Kier molecular flexibility index (Phi) is 5.78. The van der Waals surface area contributed by atoms with Crippen LogP contribution in [0.2, 0.25) is 0 Å². The highest BCUT2D eigenvalue weighted by Crippen LogP contribution is 2.20. The molecule has 0 aliphatic heterocycles. The largest absolute Gasteiger partial charge is 0.492 e. The summed E-state index contributed by atoms with van der Waals surface area (Å²) in [5, 5.41) is 11.0. The number of carboxylic acids is 1. The number of nitrogens with zero attached hydrogens (tertiary/aromatic N) is 1. The second kappa shape index (κ2) is 7.59. The smallest absolute Gasteiger partial charge is 0.335 e. The molecule has 0 spiro atoms. The van der Waals surface area contributed by atoms with Crippen molar-refractivity contribution >= 4 is 33.2 Å². The Morgan fingerprint density at radius 2 is 2.24 bits per heavy atom.